The lowest BCUT2D eigenvalue weighted by Crippen LogP contribution is -2.49. The minimum Gasteiger partial charge on any atom is -0.458 e. The van der Waals surface area contributed by atoms with Crippen molar-refractivity contribution >= 4 is 34.5 Å². The zero-order valence-electron chi connectivity index (χ0n) is 20.8. The first-order chi connectivity index (χ1) is 16.7. The highest BCUT2D eigenvalue weighted by molar-refractivity contribution is 14.1. The molecule has 0 saturated carbocycles. The van der Waals surface area contributed by atoms with Crippen LogP contribution in [0.5, 0.6) is 0 Å². The number of fused-ring (bicyclic) bond motifs is 1. The highest BCUT2D eigenvalue weighted by atomic mass is 127. The maximum atomic E-state index is 14.0. The molecule has 2 aromatic rings. The number of rotatable bonds is 5. The van der Waals surface area contributed by atoms with E-state index >= 15 is 0 Å². The molecule has 0 heterocycles. The van der Waals surface area contributed by atoms with E-state index in [9.17, 15) is 9.59 Å². The van der Waals surface area contributed by atoms with Crippen molar-refractivity contribution in [2.75, 3.05) is 27.9 Å². The van der Waals surface area contributed by atoms with Crippen LogP contribution in [0.4, 0.5) is 0 Å². The minimum atomic E-state index is -0.615. The Hall–Kier alpha value is -2.19. The molecular weight excluding hydrogens is 553 g/mol. The summed E-state index contributed by atoms with van der Waals surface area (Å²) in [6.45, 7) is 2.31. The highest BCUT2D eigenvalue weighted by Gasteiger charge is 2.57. The van der Waals surface area contributed by atoms with Crippen LogP contribution in [-0.2, 0) is 19.1 Å². The van der Waals surface area contributed by atoms with Crippen molar-refractivity contribution in [3.8, 4) is 0 Å². The third-order valence-electron chi connectivity index (χ3n) is 7.61. The largest absolute Gasteiger partial charge is 0.458 e. The number of nitrogens with zero attached hydrogens (tertiary/aromatic N) is 1. The molecule has 0 fully saturated rings. The molecule has 3 atom stereocenters. The summed E-state index contributed by atoms with van der Waals surface area (Å²) < 4.78 is 13.8. The fourth-order valence-corrected chi connectivity index (χ4v) is 6.72. The van der Waals surface area contributed by atoms with Crippen LogP contribution in [0.3, 0.4) is 0 Å². The summed E-state index contributed by atoms with van der Waals surface area (Å²) in [5, 5.41) is 0. The van der Waals surface area contributed by atoms with Crippen LogP contribution < -0.4 is 0 Å². The van der Waals surface area contributed by atoms with Gasteiger partial charge in [-0.05, 0) is 80.2 Å². The lowest BCUT2D eigenvalue weighted by molar-refractivity contribution is -0.888. The van der Waals surface area contributed by atoms with Crippen molar-refractivity contribution < 1.29 is 23.5 Å². The van der Waals surface area contributed by atoms with Gasteiger partial charge in [-0.2, -0.15) is 0 Å². The Morgan fingerprint density at radius 1 is 0.886 bits per heavy atom. The monoisotopic (exact) mass is 586 g/mol. The fraction of sp³-hybridized carbons (Fsp3) is 0.448. The number of esters is 2. The van der Waals surface area contributed by atoms with Gasteiger partial charge in [0.15, 0.2) is 0 Å². The maximum Gasteiger partial charge on any atom is 0.315 e. The SMILES string of the molecule is CC1=C(I)CCCC1OC(=O)C1C2c3ccccc3C(c3ccccc32)C1C(=O)OC[N+](C)(C)C. The molecule has 6 heteroatoms. The summed E-state index contributed by atoms with van der Waals surface area (Å²) in [5.74, 6) is -2.29. The molecule has 3 unspecified atom stereocenters. The number of hydrogen-bond acceptors (Lipinski definition) is 4. The molecule has 0 saturated heterocycles. The van der Waals surface area contributed by atoms with Gasteiger partial charge < -0.3 is 9.47 Å². The van der Waals surface area contributed by atoms with Crippen LogP contribution in [0.1, 0.15) is 60.3 Å². The number of ether oxygens (including phenoxy) is 2. The molecule has 5 nitrogen and oxygen atoms in total. The Balaban J connectivity index is 1.58. The molecule has 0 aliphatic heterocycles. The van der Waals surface area contributed by atoms with E-state index in [1.165, 1.54) is 3.58 Å². The second kappa shape index (κ2) is 9.36. The summed E-state index contributed by atoms with van der Waals surface area (Å²) in [5.41, 5.74) is 5.63. The van der Waals surface area contributed by atoms with Crippen molar-refractivity contribution in [1.82, 2.24) is 0 Å². The van der Waals surface area contributed by atoms with Gasteiger partial charge in [0.2, 0.25) is 6.73 Å². The molecule has 2 bridgehead atoms. The van der Waals surface area contributed by atoms with Gasteiger partial charge in [-0.25, -0.2) is 0 Å². The van der Waals surface area contributed by atoms with Gasteiger partial charge in [0.1, 0.15) is 6.10 Å². The fourth-order valence-electron chi connectivity index (χ4n) is 5.99. The van der Waals surface area contributed by atoms with E-state index in [1.54, 1.807) is 0 Å². The molecular formula is C29H33INO4+. The summed E-state index contributed by atoms with van der Waals surface area (Å²) in [6, 6.07) is 16.5. The van der Waals surface area contributed by atoms with E-state index in [0.717, 1.165) is 47.1 Å². The van der Waals surface area contributed by atoms with Crippen molar-refractivity contribution in [2.45, 2.75) is 44.1 Å². The summed E-state index contributed by atoms with van der Waals surface area (Å²) >= 11 is 2.36. The Kier molecular flexibility index (Phi) is 6.55. The van der Waals surface area contributed by atoms with Crippen LogP contribution >= 0.6 is 22.6 Å². The first-order valence-electron chi connectivity index (χ1n) is 12.4. The molecule has 0 spiro atoms. The number of halogens is 1. The molecule has 0 amide bonds. The smallest absolute Gasteiger partial charge is 0.315 e. The van der Waals surface area contributed by atoms with Crippen LogP contribution in [0.2, 0.25) is 0 Å². The predicted octanol–water partition coefficient (Wildman–Crippen LogP) is 5.52. The molecule has 6 rings (SSSR count). The lowest BCUT2D eigenvalue weighted by Gasteiger charge is -2.48. The summed E-state index contributed by atoms with van der Waals surface area (Å²) in [7, 11) is 5.95. The number of benzene rings is 2. The number of carbonyl (C=O) groups is 2. The number of hydrogen-bond donors (Lipinski definition) is 0. The molecule has 0 radical (unpaired) electrons. The van der Waals surface area contributed by atoms with Gasteiger partial charge in [-0.3, -0.25) is 14.1 Å². The maximum absolute atomic E-state index is 14.0. The third-order valence-corrected chi connectivity index (χ3v) is 9.00. The van der Waals surface area contributed by atoms with Gasteiger partial charge in [0.25, 0.3) is 0 Å². The number of allylic oxidation sites excluding steroid dienone is 1. The van der Waals surface area contributed by atoms with Crippen molar-refractivity contribution in [3.05, 3.63) is 79.9 Å². The van der Waals surface area contributed by atoms with Gasteiger partial charge in [0.05, 0.1) is 33.0 Å². The zero-order valence-corrected chi connectivity index (χ0v) is 22.9. The topological polar surface area (TPSA) is 52.6 Å². The first-order valence-corrected chi connectivity index (χ1v) is 13.5. The average molecular weight is 586 g/mol. The Morgan fingerprint density at radius 2 is 1.37 bits per heavy atom. The van der Waals surface area contributed by atoms with Gasteiger partial charge in [-0.15, -0.1) is 0 Å². The van der Waals surface area contributed by atoms with E-state index in [4.69, 9.17) is 9.47 Å². The van der Waals surface area contributed by atoms with Gasteiger partial charge >= 0.3 is 11.9 Å². The number of quaternary nitrogens is 1. The Morgan fingerprint density at radius 3 is 1.86 bits per heavy atom. The second-order valence-electron chi connectivity index (χ2n) is 11.1. The summed E-state index contributed by atoms with van der Waals surface area (Å²) in [6.07, 6.45) is 2.64. The van der Waals surface area contributed by atoms with Crippen molar-refractivity contribution in [2.24, 2.45) is 11.8 Å². The highest BCUT2D eigenvalue weighted by Crippen LogP contribution is 2.59. The Labute approximate surface area is 221 Å². The van der Waals surface area contributed by atoms with Crippen LogP contribution in [0.25, 0.3) is 0 Å². The van der Waals surface area contributed by atoms with Crippen LogP contribution in [-0.4, -0.2) is 50.4 Å². The van der Waals surface area contributed by atoms with Gasteiger partial charge in [0, 0.05) is 11.8 Å². The predicted molar refractivity (Wildman–Crippen MR) is 143 cm³/mol. The summed E-state index contributed by atoms with van der Waals surface area (Å²) in [4.78, 5) is 27.7. The van der Waals surface area contributed by atoms with Crippen LogP contribution in [0.15, 0.2) is 57.7 Å². The van der Waals surface area contributed by atoms with Gasteiger partial charge in [-0.1, -0.05) is 48.5 Å². The lowest BCUT2D eigenvalue weighted by atomic mass is 9.54. The van der Waals surface area contributed by atoms with Crippen LogP contribution in [0, 0.1) is 11.8 Å². The normalized spacial score (nSPS) is 27.2. The zero-order chi connectivity index (χ0) is 24.9. The molecule has 35 heavy (non-hydrogen) atoms. The molecule has 0 aromatic heterocycles. The molecule has 2 aromatic carbocycles. The third kappa shape index (κ3) is 4.44. The van der Waals surface area contributed by atoms with E-state index in [-0.39, 0.29) is 36.6 Å². The van der Waals surface area contributed by atoms with Crippen molar-refractivity contribution in [1.29, 1.82) is 0 Å². The Bertz CT molecular complexity index is 1150. The number of carbonyl (C=O) groups excluding carboxylic acids is 2. The van der Waals surface area contributed by atoms with Crippen molar-refractivity contribution in [3.63, 3.8) is 0 Å². The first kappa shape index (κ1) is 24.5. The molecule has 0 N–H and O–H groups in total. The van der Waals surface area contributed by atoms with E-state index in [1.807, 2.05) is 45.4 Å². The van der Waals surface area contributed by atoms with E-state index in [0.29, 0.717) is 4.48 Å². The minimum absolute atomic E-state index is 0.225. The van der Waals surface area contributed by atoms with E-state index in [2.05, 4.69) is 53.8 Å². The molecule has 184 valence electrons. The second-order valence-corrected chi connectivity index (χ2v) is 12.4. The quantitative estimate of drug-likeness (QED) is 0.201. The molecule has 4 aliphatic rings. The standard InChI is InChI=1S/C29H33INO4/c1-17-22(30)14-9-15-23(17)35-29(33)27-25-20-12-7-5-10-18(20)24(19-11-6-8-13-21(19)25)26(27)28(32)34-16-31(2,3)4/h5-8,10-13,23-27H,9,14-16H2,1-4H3/q+1. The average Bonchev–Trinajstić information content (AvgIpc) is 2.84. The molecule has 4 aliphatic carbocycles. The van der Waals surface area contributed by atoms with E-state index < -0.39 is 11.8 Å².